The molecule has 0 spiro atoms. The molecular weight excluding hydrogens is 726 g/mol. The van der Waals surface area contributed by atoms with Gasteiger partial charge in [-0.15, -0.1) is 14.6 Å². The highest BCUT2D eigenvalue weighted by Crippen LogP contribution is 2.38. The summed E-state index contributed by atoms with van der Waals surface area (Å²) in [5.41, 5.74) is 6.05. The molecule has 5 aromatic rings. The molecule has 0 aliphatic heterocycles. The van der Waals surface area contributed by atoms with Crippen molar-refractivity contribution in [2.24, 2.45) is 16.0 Å². The number of hydrogen-bond donors (Lipinski definition) is 7. The van der Waals surface area contributed by atoms with Gasteiger partial charge in [-0.1, -0.05) is 23.2 Å². The number of anilines is 5. The number of primary amides is 1. The molecular formula is C27H22FN9O10S3. The first-order valence-corrected chi connectivity index (χ1v) is 17.1. The predicted octanol–water partition coefficient (Wildman–Crippen LogP) is 5.79. The van der Waals surface area contributed by atoms with Crippen LogP contribution in [0.2, 0.25) is 0 Å². The number of fused-ring (bicyclic) bond motifs is 1. The summed E-state index contributed by atoms with van der Waals surface area (Å²) in [6, 6.07) is 14.0. The molecule has 1 heterocycles. The third kappa shape index (κ3) is 8.79. The Balaban J connectivity index is 1.57. The lowest BCUT2D eigenvalue weighted by molar-refractivity contribution is -0.432. The number of urea groups is 1. The smallest absolute Gasteiger partial charge is 0.316 e. The van der Waals surface area contributed by atoms with Crippen molar-refractivity contribution in [3.8, 4) is 0 Å². The fraction of sp³-hybridized carbons (Fsp3) is 0.0370. The first-order valence-electron chi connectivity index (χ1n) is 13.5. The van der Waals surface area contributed by atoms with Crippen LogP contribution in [0.4, 0.5) is 49.5 Å². The SMILES string of the molecule is Cc1ccccc1Nc1nc(F)nc(Nc2ccc(NC(N)=O)c(N=Nc3cc4c(S(=O)(=O)O)cc(SOOO)cc4cc3S(=O)(=O)O)c2)n1. The van der Waals surface area contributed by atoms with Crippen molar-refractivity contribution >= 4 is 89.4 Å². The van der Waals surface area contributed by atoms with Crippen LogP contribution in [0.25, 0.3) is 10.8 Å². The van der Waals surface area contributed by atoms with Gasteiger partial charge in [-0.3, -0.25) is 9.11 Å². The van der Waals surface area contributed by atoms with Gasteiger partial charge in [-0.05, 0) is 66.4 Å². The van der Waals surface area contributed by atoms with Crippen molar-refractivity contribution in [2.75, 3.05) is 16.0 Å². The molecule has 0 saturated heterocycles. The number of carbonyl (C=O) groups excluding carboxylic acids is 1. The molecule has 0 aliphatic carbocycles. The molecule has 0 bridgehead atoms. The van der Waals surface area contributed by atoms with Crippen LogP contribution in [0.15, 0.2) is 91.6 Å². The fourth-order valence-corrected chi connectivity index (χ4v) is 6.28. The maximum Gasteiger partial charge on any atom is 0.316 e. The molecule has 0 radical (unpaired) electrons. The van der Waals surface area contributed by atoms with E-state index in [0.29, 0.717) is 17.7 Å². The largest absolute Gasteiger partial charge is 0.351 e. The highest BCUT2D eigenvalue weighted by molar-refractivity contribution is 7.94. The highest BCUT2D eigenvalue weighted by Gasteiger charge is 2.23. The van der Waals surface area contributed by atoms with Crippen molar-refractivity contribution in [2.45, 2.75) is 21.6 Å². The lowest BCUT2D eigenvalue weighted by Crippen LogP contribution is -2.19. The Morgan fingerprint density at radius 1 is 0.860 bits per heavy atom. The minimum atomic E-state index is -5.05. The zero-order valence-corrected chi connectivity index (χ0v) is 27.4. The van der Waals surface area contributed by atoms with Crippen LogP contribution in [-0.4, -0.2) is 52.2 Å². The van der Waals surface area contributed by atoms with Gasteiger partial charge in [0.2, 0.25) is 11.9 Å². The first-order chi connectivity index (χ1) is 23.6. The Morgan fingerprint density at radius 3 is 2.20 bits per heavy atom. The van der Waals surface area contributed by atoms with Gasteiger partial charge in [0.05, 0.1) is 17.7 Å². The lowest BCUT2D eigenvalue weighted by atomic mass is 10.1. The summed E-state index contributed by atoms with van der Waals surface area (Å²) in [6.07, 6.45) is -1.12. The number of nitrogens with one attached hydrogen (secondary N) is 3. The van der Waals surface area contributed by atoms with Crippen molar-refractivity contribution in [3.63, 3.8) is 0 Å². The Bertz CT molecular complexity index is 2380. The standard InChI is InChI=1S/C27H22FN9O10S3/c1-13-4-2-3-5-18(13)32-27-34-24(28)33-26(35-27)30-15-6-7-19(31-25(29)38)20(10-15)36-37-21-12-17-14(9-23(21)50(43,44)45)8-16(48-47-46-39)11-22(17)49(40,41)42/h2-12,39H,1H3,(H3,29,31,38)(H,40,41,42)(H,43,44,45)(H2,30,32,33,34,35). The highest BCUT2D eigenvalue weighted by atomic mass is 32.2. The summed E-state index contributed by atoms with van der Waals surface area (Å²) < 4.78 is 87.7. The van der Waals surface area contributed by atoms with E-state index in [2.05, 4.69) is 50.5 Å². The van der Waals surface area contributed by atoms with E-state index in [1.807, 2.05) is 19.1 Å². The van der Waals surface area contributed by atoms with Crippen molar-refractivity contribution in [1.82, 2.24) is 15.0 Å². The van der Waals surface area contributed by atoms with Crippen LogP contribution in [0.3, 0.4) is 0 Å². The van der Waals surface area contributed by atoms with Gasteiger partial charge in [-0.2, -0.15) is 36.2 Å². The van der Waals surface area contributed by atoms with Crippen LogP contribution < -0.4 is 21.7 Å². The number of benzene rings is 4. The van der Waals surface area contributed by atoms with Gasteiger partial charge in [0.25, 0.3) is 20.2 Å². The normalized spacial score (nSPS) is 11.9. The summed E-state index contributed by atoms with van der Waals surface area (Å²) in [5, 5.41) is 27.3. The van der Waals surface area contributed by atoms with E-state index < -0.39 is 47.8 Å². The van der Waals surface area contributed by atoms with Crippen molar-refractivity contribution < 1.29 is 49.8 Å². The predicted molar refractivity (Wildman–Crippen MR) is 176 cm³/mol. The third-order valence-corrected chi connectivity index (χ3v) is 8.79. The number of azo groups is 1. The van der Waals surface area contributed by atoms with Gasteiger partial charge >= 0.3 is 12.1 Å². The van der Waals surface area contributed by atoms with E-state index in [4.69, 9.17) is 11.0 Å². The molecule has 5 rings (SSSR count). The second kappa shape index (κ2) is 14.6. The monoisotopic (exact) mass is 747 g/mol. The van der Waals surface area contributed by atoms with E-state index in [0.717, 1.165) is 23.8 Å². The fourth-order valence-electron chi connectivity index (χ4n) is 4.38. The first kappa shape index (κ1) is 35.9. The summed E-state index contributed by atoms with van der Waals surface area (Å²) in [4.78, 5) is 21.5. The van der Waals surface area contributed by atoms with E-state index in [1.165, 1.54) is 24.3 Å². The van der Waals surface area contributed by atoms with E-state index in [9.17, 15) is 35.1 Å². The maximum atomic E-state index is 14.4. The number of rotatable bonds is 12. The topological polar surface area (TPSA) is 290 Å². The maximum absolute atomic E-state index is 14.4. The molecule has 0 fully saturated rings. The van der Waals surface area contributed by atoms with Crippen LogP contribution in [0.1, 0.15) is 5.56 Å². The quantitative estimate of drug-likeness (QED) is 0.0261. The molecule has 0 aliphatic rings. The average Bonchev–Trinajstić information content (AvgIpc) is 3.02. The Labute approximate surface area is 285 Å². The van der Waals surface area contributed by atoms with Crippen LogP contribution >= 0.6 is 12.0 Å². The number of nitrogens with two attached hydrogens (primary N) is 1. The summed E-state index contributed by atoms with van der Waals surface area (Å²) in [5.74, 6) is -0.374. The van der Waals surface area contributed by atoms with Gasteiger partial charge < -0.3 is 21.7 Å². The minimum absolute atomic E-state index is 0.0453. The van der Waals surface area contributed by atoms with Crippen LogP contribution in [0.5, 0.6) is 0 Å². The van der Waals surface area contributed by atoms with Crippen molar-refractivity contribution in [1.29, 1.82) is 0 Å². The minimum Gasteiger partial charge on any atom is -0.351 e. The Kier molecular flexibility index (Phi) is 10.5. The number of amides is 2. The average molecular weight is 748 g/mol. The van der Waals surface area contributed by atoms with Gasteiger partial charge in [-0.25, -0.2) is 10.1 Å². The van der Waals surface area contributed by atoms with Crippen molar-refractivity contribution in [3.05, 3.63) is 78.4 Å². The van der Waals surface area contributed by atoms with Gasteiger partial charge in [0.15, 0.2) is 0 Å². The molecule has 0 atom stereocenters. The zero-order chi connectivity index (χ0) is 36.2. The number of aryl methyl sites for hydroxylation is 1. The summed E-state index contributed by atoms with van der Waals surface area (Å²) in [7, 11) is -10.0. The molecule has 260 valence electrons. The second-order valence-electron chi connectivity index (χ2n) is 9.88. The van der Waals surface area contributed by atoms with Gasteiger partial charge in [0.1, 0.15) is 21.2 Å². The molecule has 1 aromatic heterocycles. The van der Waals surface area contributed by atoms with E-state index >= 15 is 0 Å². The summed E-state index contributed by atoms with van der Waals surface area (Å²) in [6.45, 7) is 1.82. The molecule has 4 aromatic carbocycles. The summed E-state index contributed by atoms with van der Waals surface area (Å²) >= 11 is 0.312. The second-order valence-corrected chi connectivity index (χ2v) is 13.4. The number of halogens is 1. The van der Waals surface area contributed by atoms with Crippen LogP contribution in [0, 0.1) is 13.0 Å². The zero-order valence-electron chi connectivity index (χ0n) is 25.0. The molecule has 2 amide bonds. The molecule has 8 N–H and O–H groups in total. The molecule has 50 heavy (non-hydrogen) atoms. The van der Waals surface area contributed by atoms with Crippen LogP contribution in [-0.2, 0) is 29.6 Å². The molecule has 23 heteroatoms. The number of carbonyl (C=O) groups is 1. The third-order valence-electron chi connectivity index (χ3n) is 6.46. The number of aromatic nitrogens is 3. The Morgan fingerprint density at radius 2 is 1.54 bits per heavy atom. The van der Waals surface area contributed by atoms with E-state index in [1.54, 1.807) is 12.1 Å². The number of para-hydroxylation sites is 1. The lowest BCUT2D eigenvalue weighted by Gasteiger charge is -2.12. The number of hydrogen-bond acceptors (Lipinski definition) is 16. The Hall–Kier alpha value is -5.40. The molecule has 0 unspecified atom stereocenters. The van der Waals surface area contributed by atoms with Gasteiger partial charge in [0, 0.05) is 21.7 Å². The van der Waals surface area contributed by atoms with E-state index in [-0.39, 0.29) is 44.6 Å². The molecule has 19 nitrogen and oxygen atoms in total. The number of nitrogens with zero attached hydrogens (tertiary/aromatic N) is 5. The molecule has 0 saturated carbocycles.